The SMILES string of the molecule is N#CCc1cc(F)c(C(F)F)c(N)n1. The quantitative estimate of drug-likeness (QED) is 0.793. The van der Waals surface area contributed by atoms with Crippen molar-refractivity contribution in [2.75, 3.05) is 5.73 Å². The Balaban J connectivity index is 3.19. The molecule has 74 valence electrons. The Morgan fingerprint density at radius 2 is 2.21 bits per heavy atom. The maximum Gasteiger partial charge on any atom is 0.270 e. The van der Waals surface area contributed by atoms with E-state index in [0.717, 1.165) is 6.07 Å². The van der Waals surface area contributed by atoms with Crippen LogP contribution in [0.5, 0.6) is 0 Å². The van der Waals surface area contributed by atoms with Gasteiger partial charge in [0, 0.05) is 0 Å². The van der Waals surface area contributed by atoms with Crippen LogP contribution in [0.25, 0.3) is 0 Å². The van der Waals surface area contributed by atoms with E-state index in [1.54, 1.807) is 6.07 Å². The second kappa shape index (κ2) is 3.96. The van der Waals surface area contributed by atoms with E-state index < -0.39 is 23.6 Å². The fourth-order valence-corrected chi connectivity index (χ4v) is 0.981. The average Bonchev–Trinajstić information content (AvgIpc) is 2.01. The molecule has 0 fully saturated rings. The van der Waals surface area contributed by atoms with Crippen molar-refractivity contribution >= 4 is 5.82 Å². The number of nitriles is 1. The van der Waals surface area contributed by atoms with E-state index in [0.29, 0.717) is 0 Å². The van der Waals surface area contributed by atoms with Crippen molar-refractivity contribution in [2.24, 2.45) is 0 Å². The number of pyridine rings is 1. The first kappa shape index (κ1) is 10.3. The standard InChI is InChI=1S/C8H6F3N3/c9-5-3-4(1-2-12)14-8(13)6(5)7(10)11/h3,7H,1H2,(H2,13,14). The van der Waals surface area contributed by atoms with Gasteiger partial charge in [-0.15, -0.1) is 0 Å². The van der Waals surface area contributed by atoms with Crippen molar-refractivity contribution in [1.82, 2.24) is 4.98 Å². The molecular weight excluding hydrogens is 195 g/mol. The van der Waals surface area contributed by atoms with Crippen LogP contribution >= 0.6 is 0 Å². The molecule has 0 aromatic carbocycles. The lowest BCUT2D eigenvalue weighted by molar-refractivity contribution is 0.147. The van der Waals surface area contributed by atoms with Gasteiger partial charge in [0.05, 0.1) is 23.7 Å². The highest BCUT2D eigenvalue weighted by Crippen LogP contribution is 2.26. The molecule has 0 spiro atoms. The summed E-state index contributed by atoms with van der Waals surface area (Å²) in [4.78, 5) is 3.48. The summed E-state index contributed by atoms with van der Waals surface area (Å²) >= 11 is 0. The Kier molecular flexibility index (Phi) is 2.92. The zero-order valence-electron chi connectivity index (χ0n) is 6.97. The summed E-state index contributed by atoms with van der Waals surface area (Å²) in [5.41, 5.74) is 4.25. The van der Waals surface area contributed by atoms with E-state index in [2.05, 4.69) is 4.98 Å². The second-order valence-corrected chi connectivity index (χ2v) is 2.53. The Hall–Kier alpha value is -1.77. The summed E-state index contributed by atoms with van der Waals surface area (Å²) < 4.78 is 37.3. The number of hydrogen-bond acceptors (Lipinski definition) is 3. The number of halogens is 3. The highest BCUT2D eigenvalue weighted by atomic mass is 19.3. The predicted octanol–water partition coefficient (Wildman–Crippen LogP) is 1.81. The van der Waals surface area contributed by atoms with E-state index >= 15 is 0 Å². The fraction of sp³-hybridized carbons (Fsp3) is 0.250. The number of hydrogen-bond donors (Lipinski definition) is 1. The molecule has 0 aliphatic heterocycles. The molecule has 0 aliphatic carbocycles. The average molecular weight is 201 g/mol. The van der Waals surface area contributed by atoms with Crippen molar-refractivity contribution < 1.29 is 13.2 Å². The first-order valence-electron chi connectivity index (χ1n) is 3.66. The molecule has 14 heavy (non-hydrogen) atoms. The lowest BCUT2D eigenvalue weighted by Crippen LogP contribution is -2.04. The highest BCUT2D eigenvalue weighted by molar-refractivity contribution is 5.42. The van der Waals surface area contributed by atoms with E-state index in [1.165, 1.54) is 0 Å². The fourth-order valence-electron chi connectivity index (χ4n) is 0.981. The van der Waals surface area contributed by atoms with Gasteiger partial charge in [0.25, 0.3) is 6.43 Å². The molecule has 0 saturated carbocycles. The third kappa shape index (κ3) is 1.93. The lowest BCUT2D eigenvalue weighted by atomic mass is 10.2. The van der Waals surface area contributed by atoms with Crippen LogP contribution in [0, 0.1) is 17.1 Å². The molecule has 0 aliphatic rings. The van der Waals surface area contributed by atoms with E-state index in [-0.39, 0.29) is 12.1 Å². The minimum atomic E-state index is -3.00. The zero-order chi connectivity index (χ0) is 10.7. The lowest BCUT2D eigenvalue weighted by Gasteiger charge is -2.06. The third-order valence-corrected chi connectivity index (χ3v) is 1.57. The largest absolute Gasteiger partial charge is 0.383 e. The molecule has 0 amide bonds. The van der Waals surface area contributed by atoms with Gasteiger partial charge < -0.3 is 5.73 Å². The van der Waals surface area contributed by atoms with Gasteiger partial charge in [-0.2, -0.15) is 5.26 Å². The number of anilines is 1. The maximum absolute atomic E-state index is 13.0. The molecule has 0 radical (unpaired) electrons. The van der Waals surface area contributed by atoms with Gasteiger partial charge in [0.2, 0.25) is 0 Å². The molecule has 1 aromatic rings. The van der Waals surface area contributed by atoms with Gasteiger partial charge in [-0.1, -0.05) is 0 Å². The number of rotatable bonds is 2. The minimum absolute atomic E-state index is 0.0481. The highest BCUT2D eigenvalue weighted by Gasteiger charge is 2.19. The van der Waals surface area contributed by atoms with Crippen LogP contribution in [0.2, 0.25) is 0 Å². The van der Waals surface area contributed by atoms with Gasteiger partial charge in [-0.05, 0) is 6.07 Å². The predicted molar refractivity (Wildman–Crippen MR) is 42.9 cm³/mol. The van der Waals surface area contributed by atoms with E-state index in [9.17, 15) is 13.2 Å². The number of nitrogens with two attached hydrogens (primary N) is 1. The Morgan fingerprint density at radius 3 is 2.64 bits per heavy atom. The van der Waals surface area contributed by atoms with Crippen molar-refractivity contribution in [1.29, 1.82) is 5.26 Å². The maximum atomic E-state index is 13.0. The molecule has 0 unspecified atom stereocenters. The van der Waals surface area contributed by atoms with Gasteiger partial charge in [-0.25, -0.2) is 18.2 Å². The van der Waals surface area contributed by atoms with Crippen LogP contribution in [0.3, 0.4) is 0 Å². The number of nitrogens with zero attached hydrogens (tertiary/aromatic N) is 2. The number of aromatic nitrogens is 1. The van der Waals surface area contributed by atoms with Crippen LogP contribution in [0.1, 0.15) is 17.7 Å². The van der Waals surface area contributed by atoms with Crippen LogP contribution in [-0.4, -0.2) is 4.98 Å². The molecule has 1 aromatic heterocycles. The first-order valence-corrected chi connectivity index (χ1v) is 3.66. The molecule has 0 atom stereocenters. The van der Waals surface area contributed by atoms with Gasteiger partial charge in [0.15, 0.2) is 0 Å². The Labute approximate surface area is 78.0 Å². The number of alkyl halides is 2. The van der Waals surface area contributed by atoms with E-state index in [4.69, 9.17) is 11.0 Å². The van der Waals surface area contributed by atoms with Gasteiger partial charge in [0.1, 0.15) is 11.6 Å². The molecule has 0 saturated heterocycles. The normalized spacial score (nSPS) is 10.2. The summed E-state index contributed by atoms with van der Waals surface area (Å²) in [7, 11) is 0. The van der Waals surface area contributed by atoms with Crippen LogP contribution < -0.4 is 5.73 Å². The molecule has 2 N–H and O–H groups in total. The van der Waals surface area contributed by atoms with Gasteiger partial charge in [-0.3, -0.25) is 0 Å². The molecule has 3 nitrogen and oxygen atoms in total. The third-order valence-electron chi connectivity index (χ3n) is 1.57. The number of nitrogen functional groups attached to an aromatic ring is 1. The summed E-state index contributed by atoms with van der Waals surface area (Å²) in [6, 6.07) is 2.51. The van der Waals surface area contributed by atoms with Gasteiger partial charge >= 0.3 is 0 Å². The molecule has 6 heteroatoms. The van der Waals surface area contributed by atoms with E-state index in [1.807, 2.05) is 0 Å². The molecule has 1 rings (SSSR count). The summed E-state index contributed by atoms with van der Waals surface area (Å²) in [6.45, 7) is 0. The van der Waals surface area contributed by atoms with Crippen molar-refractivity contribution in [3.8, 4) is 6.07 Å². The first-order chi connectivity index (χ1) is 6.56. The second-order valence-electron chi connectivity index (χ2n) is 2.53. The van der Waals surface area contributed by atoms with Crippen molar-refractivity contribution in [2.45, 2.75) is 12.8 Å². The molecule has 0 bridgehead atoms. The summed E-state index contributed by atoms with van der Waals surface area (Å²) in [5, 5.41) is 8.28. The zero-order valence-corrected chi connectivity index (χ0v) is 6.97. The Morgan fingerprint density at radius 1 is 1.57 bits per heavy atom. The summed E-state index contributed by atoms with van der Waals surface area (Å²) in [6.07, 6.45) is -3.16. The van der Waals surface area contributed by atoms with Crippen molar-refractivity contribution in [3.05, 3.63) is 23.1 Å². The molecule has 1 heterocycles. The summed E-state index contributed by atoms with van der Waals surface area (Å²) in [5.74, 6) is -1.69. The topological polar surface area (TPSA) is 62.7 Å². The molecular formula is C8H6F3N3. The Bertz CT molecular complexity index is 361. The monoisotopic (exact) mass is 201 g/mol. The minimum Gasteiger partial charge on any atom is -0.383 e. The van der Waals surface area contributed by atoms with Crippen LogP contribution in [0.4, 0.5) is 19.0 Å². The van der Waals surface area contributed by atoms with Crippen molar-refractivity contribution in [3.63, 3.8) is 0 Å². The smallest absolute Gasteiger partial charge is 0.270 e. The van der Waals surface area contributed by atoms with Crippen LogP contribution in [0.15, 0.2) is 6.07 Å². The van der Waals surface area contributed by atoms with Crippen LogP contribution in [-0.2, 0) is 6.42 Å².